The molecule has 0 radical (unpaired) electrons. The van der Waals surface area contributed by atoms with Gasteiger partial charge in [0.05, 0.1) is 17.6 Å². The van der Waals surface area contributed by atoms with Crippen molar-refractivity contribution in [3.63, 3.8) is 0 Å². The third kappa shape index (κ3) is 4.61. The van der Waals surface area contributed by atoms with Gasteiger partial charge in [-0.25, -0.2) is 0 Å². The molecular weight excluding hydrogens is 348 g/mol. The van der Waals surface area contributed by atoms with Crippen LogP contribution in [0, 0.1) is 17.0 Å². The van der Waals surface area contributed by atoms with E-state index in [1.54, 1.807) is 6.92 Å². The Morgan fingerprint density at radius 1 is 1.33 bits per heavy atom. The number of aliphatic hydroxyl groups excluding tert-OH is 4. The number of nitro benzene ring substituents is 1. The second-order valence-corrected chi connectivity index (χ2v) is 5.42. The third-order valence-electron chi connectivity index (χ3n) is 2.95. The molecule has 1 aromatic rings. The summed E-state index contributed by atoms with van der Waals surface area (Å²) in [6.45, 7) is 0.778. The Balaban J connectivity index is 2.84. The molecule has 0 aromatic heterocycles. The quantitative estimate of drug-likeness (QED) is 0.343. The van der Waals surface area contributed by atoms with Crippen molar-refractivity contribution in [1.82, 2.24) is 0 Å². The Kier molecular flexibility index (Phi) is 6.49. The normalized spacial score (nSPS) is 15.3. The molecule has 0 saturated heterocycles. The number of benzene rings is 1. The maximum absolute atomic E-state index is 11.0. The summed E-state index contributed by atoms with van der Waals surface area (Å²) in [6, 6.07) is 2.87. The van der Waals surface area contributed by atoms with Crippen molar-refractivity contribution < 1.29 is 25.3 Å². The molecule has 9 heteroatoms. The van der Waals surface area contributed by atoms with Crippen LogP contribution in [0.5, 0.6) is 0 Å². The SMILES string of the molecule is Cc1cc([N+](=O)[O-])c(NC[C@H](O)[C@@H](O)[C@H](O)CO)cc1Br. The summed E-state index contributed by atoms with van der Waals surface area (Å²) >= 11 is 3.25. The largest absolute Gasteiger partial charge is 0.394 e. The molecule has 8 nitrogen and oxygen atoms in total. The van der Waals surface area contributed by atoms with Gasteiger partial charge in [0.2, 0.25) is 0 Å². The molecule has 5 N–H and O–H groups in total. The topological polar surface area (TPSA) is 136 Å². The highest BCUT2D eigenvalue weighted by Gasteiger charge is 2.25. The number of aliphatic hydroxyl groups is 4. The van der Waals surface area contributed by atoms with E-state index in [1.807, 2.05) is 0 Å². The third-order valence-corrected chi connectivity index (χ3v) is 3.81. The van der Waals surface area contributed by atoms with Crippen LogP contribution in [0.3, 0.4) is 0 Å². The van der Waals surface area contributed by atoms with E-state index in [9.17, 15) is 25.4 Å². The predicted octanol–water partition coefficient (Wildman–Crippen LogP) is 0.153. The molecule has 0 aliphatic carbocycles. The van der Waals surface area contributed by atoms with Crippen molar-refractivity contribution in [3.05, 3.63) is 32.3 Å². The second-order valence-electron chi connectivity index (χ2n) is 4.56. The Labute approximate surface area is 129 Å². The fraction of sp³-hybridized carbons (Fsp3) is 0.500. The molecule has 0 bridgehead atoms. The zero-order valence-corrected chi connectivity index (χ0v) is 12.8. The minimum atomic E-state index is -1.56. The first kappa shape index (κ1) is 17.8. The van der Waals surface area contributed by atoms with E-state index in [2.05, 4.69) is 21.2 Å². The summed E-state index contributed by atoms with van der Waals surface area (Å²) in [6.07, 6.45) is -4.44. The van der Waals surface area contributed by atoms with Gasteiger partial charge in [-0.15, -0.1) is 0 Å². The van der Waals surface area contributed by atoms with E-state index in [-0.39, 0.29) is 17.9 Å². The first-order chi connectivity index (χ1) is 9.77. The number of rotatable bonds is 7. The summed E-state index contributed by atoms with van der Waals surface area (Å²) in [4.78, 5) is 10.4. The molecular formula is C12H17BrN2O6. The molecule has 0 unspecified atom stereocenters. The van der Waals surface area contributed by atoms with Crippen molar-refractivity contribution >= 4 is 27.3 Å². The Bertz CT molecular complexity index is 513. The molecule has 118 valence electrons. The van der Waals surface area contributed by atoms with E-state index < -0.39 is 29.8 Å². The predicted molar refractivity (Wildman–Crippen MR) is 79.1 cm³/mol. The lowest BCUT2D eigenvalue weighted by Crippen LogP contribution is -2.42. The minimum absolute atomic E-state index is 0.167. The molecule has 0 spiro atoms. The van der Waals surface area contributed by atoms with Gasteiger partial charge in [0.1, 0.15) is 17.9 Å². The van der Waals surface area contributed by atoms with Crippen molar-refractivity contribution in [2.75, 3.05) is 18.5 Å². The first-order valence-electron chi connectivity index (χ1n) is 6.11. The zero-order valence-electron chi connectivity index (χ0n) is 11.2. The van der Waals surface area contributed by atoms with Crippen molar-refractivity contribution in [2.24, 2.45) is 0 Å². The average molecular weight is 365 g/mol. The van der Waals surface area contributed by atoms with Crippen molar-refractivity contribution in [3.8, 4) is 0 Å². The maximum Gasteiger partial charge on any atom is 0.292 e. The van der Waals surface area contributed by atoms with E-state index >= 15 is 0 Å². The molecule has 0 aliphatic heterocycles. The van der Waals surface area contributed by atoms with Crippen LogP contribution in [0.15, 0.2) is 16.6 Å². The molecule has 1 aromatic carbocycles. The minimum Gasteiger partial charge on any atom is -0.394 e. The molecule has 3 atom stereocenters. The highest BCUT2D eigenvalue weighted by atomic mass is 79.9. The van der Waals surface area contributed by atoms with Crippen LogP contribution in [0.4, 0.5) is 11.4 Å². The lowest BCUT2D eigenvalue weighted by atomic mass is 10.1. The summed E-state index contributed by atoms with van der Waals surface area (Å²) in [5, 5.41) is 50.7. The van der Waals surface area contributed by atoms with Crippen molar-refractivity contribution in [2.45, 2.75) is 25.2 Å². The lowest BCUT2D eigenvalue weighted by molar-refractivity contribution is -0.384. The van der Waals surface area contributed by atoms with Crippen LogP contribution in [0.1, 0.15) is 5.56 Å². The molecule has 0 aliphatic rings. The van der Waals surface area contributed by atoms with Gasteiger partial charge in [0.25, 0.3) is 5.69 Å². The average Bonchev–Trinajstić information content (AvgIpc) is 2.45. The Hall–Kier alpha value is -1.26. The molecule has 0 amide bonds. The van der Waals surface area contributed by atoms with Gasteiger partial charge in [-0.1, -0.05) is 15.9 Å². The number of halogens is 1. The maximum atomic E-state index is 11.0. The van der Waals surface area contributed by atoms with Gasteiger partial charge in [-0.2, -0.15) is 0 Å². The van der Waals surface area contributed by atoms with Crippen LogP contribution in [0.2, 0.25) is 0 Å². The number of aryl methyl sites for hydroxylation is 1. The number of nitrogens with zero attached hydrogens (tertiary/aromatic N) is 1. The first-order valence-corrected chi connectivity index (χ1v) is 6.90. The monoisotopic (exact) mass is 364 g/mol. The molecule has 0 heterocycles. The van der Waals surface area contributed by atoms with E-state index in [1.165, 1.54) is 12.1 Å². The Morgan fingerprint density at radius 3 is 2.48 bits per heavy atom. The van der Waals surface area contributed by atoms with Gasteiger partial charge in [-0.3, -0.25) is 10.1 Å². The molecule has 0 saturated carbocycles. The summed E-state index contributed by atoms with van der Waals surface area (Å²) < 4.78 is 0.654. The smallest absolute Gasteiger partial charge is 0.292 e. The van der Waals surface area contributed by atoms with Crippen LogP contribution >= 0.6 is 15.9 Å². The number of hydrogen-bond donors (Lipinski definition) is 5. The number of anilines is 1. The van der Waals surface area contributed by atoms with Gasteiger partial charge < -0.3 is 25.7 Å². The lowest BCUT2D eigenvalue weighted by Gasteiger charge is -2.22. The van der Waals surface area contributed by atoms with E-state index in [0.717, 1.165) is 0 Å². The van der Waals surface area contributed by atoms with Crippen LogP contribution in [-0.4, -0.2) is 56.8 Å². The van der Waals surface area contributed by atoms with Crippen LogP contribution in [-0.2, 0) is 0 Å². The number of nitrogens with one attached hydrogen (secondary N) is 1. The van der Waals surface area contributed by atoms with Gasteiger partial charge in [0, 0.05) is 17.1 Å². The fourth-order valence-corrected chi connectivity index (χ4v) is 2.00. The summed E-state index contributed by atoms with van der Waals surface area (Å²) in [5.74, 6) is 0. The number of nitro groups is 1. The summed E-state index contributed by atoms with van der Waals surface area (Å²) in [7, 11) is 0. The standard InChI is InChI=1S/C12H17BrN2O6/c1-6-2-9(15(20)21)8(3-7(6)13)14-4-10(17)12(19)11(18)5-16/h2-3,10-12,14,16-19H,4-5H2,1H3/t10-,11+,12+/m0/s1. The van der Waals surface area contributed by atoms with Gasteiger partial charge in [0.15, 0.2) is 0 Å². The highest BCUT2D eigenvalue weighted by molar-refractivity contribution is 9.10. The number of hydrogen-bond acceptors (Lipinski definition) is 7. The zero-order chi connectivity index (χ0) is 16.2. The van der Waals surface area contributed by atoms with Gasteiger partial charge >= 0.3 is 0 Å². The second kappa shape index (κ2) is 7.66. The molecule has 1 rings (SSSR count). The van der Waals surface area contributed by atoms with Crippen LogP contribution in [0.25, 0.3) is 0 Å². The molecule has 0 fully saturated rings. The summed E-state index contributed by atoms with van der Waals surface area (Å²) in [5.41, 5.74) is 0.686. The van der Waals surface area contributed by atoms with E-state index in [4.69, 9.17) is 5.11 Å². The van der Waals surface area contributed by atoms with Gasteiger partial charge in [-0.05, 0) is 18.6 Å². The van der Waals surface area contributed by atoms with E-state index in [0.29, 0.717) is 10.0 Å². The van der Waals surface area contributed by atoms with Crippen LogP contribution < -0.4 is 5.32 Å². The highest BCUT2D eigenvalue weighted by Crippen LogP contribution is 2.31. The Morgan fingerprint density at radius 2 is 1.95 bits per heavy atom. The fourth-order valence-electron chi connectivity index (χ4n) is 1.66. The van der Waals surface area contributed by atoms with Crippen molar-refractivity contribution in [1.29, 1.82) is 0 Å². The molecule has 21 heavy (non-hydrogen) atoms.